The Balaban J connectivity index is 1.88. The second kappa shape index (κ2) is 7.67. The van der Waals surface area contributed by atoms with Crippen molar-refractivity contribution in [1.29, 1.82) is 0 Å². The Hall–Kier alpha value is -3.06. The summed E-state index contributed by atoms with van der Waals surface area (Å²) in [5.41, 5.74) is 1.39. The molecule has 1 heterocycles. The monoisotopic (exact) mass is 384 g/mol. The van der Waals surface area contributed by atoms with E-state index in [1.54, 1.807) is 36.4 Å². The summed E-state index contributed by atoms with van der Waals surface area (Å²) in [7, 11) is 3.05. The van der Waals surface area contributed by atoms with Crippen LogP contribution in [0.2, 0.25) is 0 Å². The molecule has 0 atom stereocenters. The lowest BCUT2D eigenvalue weighted by atomic mass is 10.1. The van der Waals surface area contributed by atoms with Gasteiger partial charge in [-0.25, -0.2) is 4.39 Å². The molecule has 0 spiro atoms. The third-order valence-electron chi connectivity index (χ3n) is 4.17. The topological polar surface area (TPSA) is 49.9 Å². The smallest absolute Gasteiger partial charge is 0.265 e. The van der Waals surface area contributed by atoms with Crippen molar-refractivity contribution in [2.24, 2.45) is 0 Å². The summed E-state index contributed by atoms with van der Waals surface area (Å²) < 4.78 is 18.8. The number of ether oxygens (including phenoxy) is 1. The summed E-state index contributed by atoms with van der Waals surface area (Å²) >= 11 is 5.08. The normalized spacial score (nSPS) is 14.6. The zero-order valence-corrected chi connectivity index (χ0v) is 15.6. The van der Waals surface area contributed by atoms with Crippen molar-refractivity contribution in [2.75, 3.05) is 14.1 Å². The minimum absolute atomic E-state index is 0.00596. The van der Waals surface area contributed by atoms with E-state index in [1.165, 1.54) is 42.1 Å². The molecule has 138 valence electrons. The fourth-order valence-corrected chi connectivity index (χ4v) is 2.77. The predicted octanol–water partition coefficient (Wildman–Crippen LogP) is 3.00. The van der Waals surface area contributed by atoms with E-state index in [-0.39, 0.29) is 23.1 Å². The zero-order valence-electron chi connectivity index (χ0n) is 14.8. The molecule has 1 aliphatic rings. The number of halogens is 1. The van der Waals surface area contributed by atoms with E-state index in [9.17, 15) is 14.0 Å². The highest BCUT2D eigenvalue weighted by Gasteiger charge is 2.35. The lowest BCUT2D eigenvalue weighted by Gasteiger charge is -2.31. The highest BCUT2D eigenvalue weighted by Crippen LogP contribution is 2.25. The molecule has 0 aromatic heterocycles. The Bertz CT molecular complexity index is 914. The molecule has 0 aliphatic carbocycles. The maximum atomic E-state index is 13.0. The van der Waals surface area contributed by atoms with Crippen molar-refractivity contribution in [1.82, 2.24) is 9.80 Å². The Morgan fingerprint density at radius 3 is 2.22 bits per heavy atom. The number of nitrogens with zero attached hydrogens (tertiary/aromatic N) is 2. The van der Waals surface area contributed by atoms with Gasteiger partial charge in [-0.1, -0.05) is 30.3 Å². The SMILES string of the molecule is CN1C(=O)C(=Cc2ccccc2OCc2ccc(F)cc2)C(=O)N(C)C1=S. The number of rotatable bonds is 4. The first kappa shape index (κ1) is 18.7. The molecule has 7 heteroatoms. The number of hydrogen-bond donors (Lipinski definition) is 0. The summed E-state index contributed by atoms with van der Waals surface area (Å²) in [4.78, 5) is 27.4. The molecule has 1 aliphatic heterocycles. The van der Waals surface area contributed by atoms with Gasteiger partial charge in [0.15, 0.2) is 5.11 Å². The minimum Gasteiger partial charge on any atom is -0.488 e. The van der Waals surface area contributed by atoms with Crippen LogP contribution in [-0.2, 0) is 16.2 Å². The fraction of sp³-hybridized carbons (Fsp3) is 0.150. The Morgan fingerprint density at radius 1 is 1.00 bits per heavy atom. The number of hydrogen-bond acceptors (Lipinski definition) is 4. The zero-order chi connectivity index (χ0) is 19.6. The van der Waals surface area contributed by atoms with Crippen molar-refractivity contribution in [3.8, 4) is 5.75 Å². The number of thiocarbonyl (C=S) groups is 1. The largest absolute Gasteiger partial charge is 0.488 e. The van der Waals surface area contributed by atoms with Crippen molar-refractivity contribution < 1.29 is 18.7 Å². The van der Waals surface area contributed by atoms with Crippen LogP contribution in [0.25, 0.3) is 6.08 Å². The van der Waals surface area contributed by atoms with Gasteiger partial charge in [0.25, 0.3) is 11.8 Å². The first-order valence-electron chi connectivity index (χ1n) is 8.16. The van der Waals surface area contributed by atoms with E-state index in [4.69, 9.17) is 17.0 Å². The molecule has 0 N–H and O–H groups in total. The van der Waals surface area contributed by atoms with Crippen LogP contribution in [0.15, 0.2) is 54.1 Å². The molecule has 2 aromatic rings. The van der Waals surface area contributed by atoms with Gasteiger partial charge in [0.05, 0.1) is 0 Å². The van der Waals surface area contributed by atoms with Gasteiger partial charge in [-0.15, -0.1) is 0 Å². The first-order valence-corrected chi connectivity index (χ1v) is 8.57. The lowest BCUT2D eigenvalue weighted by molar-refractivity contribution is -0.132. The summed E-state index contributed by atoms with van der Waals surface area (Å²) in [6.07, 6.45) is 1.50. The van der Waals surface area contributed by atoms with Crippen LogP contribution >= 0.6 is 12.2 Å². The third-order valence-corrected chi connectivity index (χ3v) is 4.72. The molecule has 27 heavy (non-hydrogen) atoms. The predicted molar refractivity (Wildman–Crippen MR) is 103 cm³/mol. The van der Waals surface area contributed by atoms with Gasteiger partial charge in [0.2, 0.25) is 0 Å². The van der Waals surface area contributed by atoms with E-state index >= 15 is 0 Å². The molecule has 1 fully saturated rings. The number of benzene rings is 2. The number of para-hydroxylation sites is 1. The van der Waals surface area contributed by atoms with E-state index in [2.05, 4.69) is 0 Å². The number of carbonyl (C=O) groups excluding carboxylic acids is 2. The standard InChI is InChI=1S/C20H17FN2O3S/c1-22-18(24)16(19(25)23(2)20(22)27)11-14-5-3-4-6-17(14)26-12-13-7-9-15(21)10-8-13/h3-11H,12H2,1-2H3. The van der Waals surface area contributed by atoms with Crippen LogP contribution in [0, 0.1) is 5.82 Å². The molecule has 1 saturated heterocycles. The van der Waals surface area contributed by atoms with Gasteiger partial charge in [0.1, 0.15) is 23.7 Å². The minimum atomic E-state index is -0.462. The van der Waals surface area contributed by atoms with Gasteiger partial charge in [-0.2, -0.15) is 0 Å². The lowest BCUT2D eigenvalue weighted by Crippen LogP contribution is -2.52. The molecule has 2 amide bonds. The molecule has 5 nitrogen and oxygen atoms in total. The van der Waals surface area contributed by atoms with E-state index in [0.29, 0.717) is 11.3 Å². The molecular weight excluding hydrogens is 367 g/mol. The van der Waals surface area contributed by atoms with Gasteiger partial charge < -0.3 is 4.74 Å². The Kier molecular flexibility index (Phi) is 5.32. The summed E-state index contributed by atoms with van der Waals surface area (Å²) in [5.74, 6) is -0.731. The maximum absolute atomic E-state index is 13.0. The third kappa shape index (κ3) is 3.88. The van der Waals surface area contributed by atoms with Crippen molar-refractivity contribution in [3.63, 3.8) is 0 Å². The maximum Gasteiger partial charge on any atom is 0.265 e. The van der Waals surface area contributed by atoms with Gasteiger partial charge >= 0.3 is 0 Å². The molecule has 0 radical (unpaired) electrons. The van der Waals surface area contributed by atoms with Crippen LogP contribution in [0.4, 0.5) is 4.39 Å². The summed E-state index contributed by atoms with van der Waals surface area (Å²) in [6.45, 7) is 0.228. The summed E-state index contributed by atoms with van der Waals surface area (Å²) in [6, 6.07) is 13.1. The van der Waals surface area contributed by atoms with Crippen molar-refractivity contribution in [3.05, 3.63) is 71.0 Å². The average molecular weight is 384 g/mol. The fourth-order valence-electron chi connectivity index (χ4n) is 2.60. The van der Waals surface area contributed by atoms with Crippen molar-refractivity contribution in [2.45, 2.75) is 6.61 Å². The number of likely N-dealkylation sites (N-methyl/N-ethyl adjacent to an activating group) is 2. The quantitative estimate of drug-likeness (QED) is 0.462. The second-order valence-corrected chi connectivity index (χ2v) is 6.39. The molecule has 0 unspecified atom stereocenters. The Morgan fingerprint density at radius 2 is 1.59 bits per heavy atom. The van der Waals surface area contributed by atoms with Crippen LogP contribution < -0.4 is 4.74 Å². The summed E-state index contributed by atoms with van der Waals surface area (Å²) in [5, 5.41) is 0.156. The van der Waals surface area contributed by atoms with Crippen LogP contribution in [0.1, 0.15) is 11.1 Å². The Labute approximate surface area is 161 Å². The van der Waals surface area contributed by atoms with Crippen LogP contribution in [-0.4, -0.2) is 40.8 Å². The average Bonchev–Trinajstić information content (AvgIpc) is 2.68. The van der Waals surface area contributed by atoms with Gasteiger partial charge in [0, 0.05) is 19.7 Å². The van der Waals surface area contributed by atoms with Crippen LogP contribution in [0.5, 0.6) is 5.75 Å². The van der Waals surface area contributed by atoms with Gasteiger partial charge in [-0.05, 0) is 42.1 Å². The van der Waals surface area contributed by atoms with Crippen LogP contribution in [0.3, 0.4) is 0 Å². The van der Waals surface area contributed by atoms with E-state index < -0.39 is 11.8 Å². The molecule has 0 bridgehead atoms. The first-order chi connectivity index (χ1) is 12.9. The highest BCUT2D eigenvalue weighted by molar-refractivity contribution is 7.80. The second-order valence-electron chi connectivity index (χ2n) is 6.02. The molecule has 0 saturated carbocycles. The van der Waals surface area contributed by atoms with Crippen molar-refractivity contribution >= 4 is 35.2 Å². The molecule has 2 aromatic carbocycles. The number of amides is 2. The molecule has 3 rings (SSSR count). The van der Waals surface area contributed by atoms with Gasteiger partial charge in [-0.3, -0.25) is 19.4 Å². The van der Waals surface area contributed by atoms with E-state index in [0.717, 1.165) is 5.56 Å². The number of carbonyl (C=O) groups is 2. The molecular formula is C20H17FN2O3S. The van der Waals surface area contributed by atoms with E-state index in [1.807, 2.05) is 0 Å². The highest BCUT2D eigenvalue weighted by atomic mass is 32.1.